The molecular formula is C9H10N2O6S. The van der Waals surface area contributed by atoms with Gasteiger partial charge in [-0.05, 0) is 12.1 Å². The van der Waals surface area contributed by atoms with E-state index in [1.54, 1.807) is 12.1 Å². The molecular weight excluding hydrogens is 264 g/mol. The molecule has 0 saturated carbocycles. The number of nitrogens with one attached hydrogen (secondary N) is 1. The van der Waals surface area contributed by atoms with Crippen LogP contribution in [0.15, 0.2) is 24.3 Å². The molecule has 98 valence electrons. The first kappa shape index (κ1) is 13.9. The summed E-state index contributed by atoms with van der Waals surface area (Å²) in [6.07, 6.45) is -1.25. The van der Waals surface area contributed by atoms with Crippen LogP contribution in [0.25, 0.3) is 0 Å². The maximum atomic E-state index is 11.8. The Labute approximate surface area is 103 Å². The number of hydrogen-bond donors (Lipinski definition) is 1. The summed E-state index contributed by atoms with van der Waals surface area (Å²) in [4.78, 5) is 23.1. The number of methoxy groups -OCH3 is 1. The highest BCUT2D eigenvalue weighted by Crippen LogP contribution is 2.26. The lowest BCUT2D eigenvalue weighted by Crippen LogP contribution is -2.48. The molecule has 2 amide bonds. The van der Waals surface area contributed by atoms with E-state index in [1.165, 1.54) is 12.1 Å². The van der Waals surface area contributed by atoms with Crippen LogP contribution in [0.1, 0.15) is 10.4 Å². The lowest BCUT2D eigenvalue weighted by atomic mass is 10.2. The summed E-state index contributed by atoms with van der Waals surface area (Å²) >= 11 is 0. The molecule has 0 aromatic heterocycles. The zero-order valence-electron chi connectivity index (χ0n) is 9.21. The Bertz CT molecular complexity index is 597. The van der Waals surface area contributed by atoms with Crippen LogP contribution in [-0.2, 0) is 14.9 Å². The summed E-state index contributed by atoms with van der Waals surface area (Å²) in [5.41, 5.74) is 0.227. The lowest BCUT2D eigenvalue weighted by molar-refractivity contribution is 0.0827. The highest BCUT2D eigenvalue weighted by Gasteiger charge is 2.40. The predicted octanol–water partition coefficient (Wildman–Crippen LogP) is -0.259. The molecule has 1 heterocycles. The van der Waals surface area contributed by atoms with Crippen LogP contribution in [0.2, 0.25) is 0 Å². The van der Waals surface area contributed by atoms with Gasteiger partial charge in [0.15, 0.2) is 0 Å². The van der Waals surface area contributed by atoms with Crippen molar-refractivity contribution >= 4 is 27.9 Å². The zero-order chi connectivity index (χ0) is 12.6. The number of carbonyl (C=O) groups is 2. The lowest BCUT2D eigenvalue weighted by Gasteiger charge is -2.25. The fourth-order valence-electron chi connectivity index (χ4n) is 1.43. The van der Waals surface area contributed by atoms with Gasteiger partial charge in [-0.25, -0.2) is 4.79 Å². The van der Waals surface area contributed by atoms with Crippen LogP contribution < -0.4 is 4.72 Å². The molecule has 0 atom stereocenters. The molecule has 0 saturated heterocycles. The summed E-state index contributed by atoms with van der Waals surface area (Å²) < 4.78 is 29.7. The quantitative estimate of drug-likeness (QED) is 0.697. The molecule has 8 nitrogen and oxygen atoms in total. The summed E-state index contributed by atoms with van der Waals surface area (Å²) in [7, 11) is -3.25. The Morgan fingerprint density at radius 2 is 1.94 bits per heavy atom. The molecule has 0 bridgehead atoms. The number of carbonyl (C=O) groups excluding carboxylic acids is 2. The smallest absolute Gasteiger partial charge is 0.432 e. The number of nitrogens with zero attached hydrogens (tertiary/aromatic N) is 1. The van der Waals surface area contributed by atoms with Crippen molar-refractivity contribution in [3.8, 4) is 0 Å². The van der Waals surface area contributed by atoms with Gasteiger partial charge in [0.2, 0.25) is 0 Å². The molecule has 0 fully saturated rings. The van der Waals surface area contributed by atoms with Gasteiger partial charge in [0.05, 0.1) is 18.4 Å². The Morgan fingerprint density at radius 1 is 1.33 bits per heavy atom. The average molecular weight is 274 g/mol. The van der Waals surface area contributed by atoms with E-state index >= 15 is 0 Å². The van der Waals surface area contributed by atoms with Gasteiger partial charge in [-0.15, -0.1) is 4.31 Å². The van der Waals surface area contributed by atoms with Crippen LogP contribution in [0.5, 0.6) is 0 Å². The van der Waals surface area contributed by atoms with Crippen LogP contribution in [0.4, 0.5) is 10.5 Å². The van der Waals surface area contributed by atoms with E-state index in [0.717, 1.165) is 7.11 Å². The number of ether oxygens (including phenoxy) is 1. The van der Waals surface area contributed by atoms with Gasteiger partial charge in [-0.1, -0.05) is 12.1 Å². The fourth-order valence-corrected chi connectivity index (χ4v) is 2.56. The largest absolute Gasteiger partial charge is 0.452 e. The summed E-state index contributed by atoms with van der Waals surface area (Å²) in [5.74, 6) is -0.939. The molecule has 0 aliphatic carbocycles. The summed E-state index contributed by atoms with van der Waals surface area (Å²) in [5, 5.41) is 0. The molecule has 0 spiro atoms. The van der Waals surface area contributed by atoms with Gasteiger partial charge in [0, 0.05) is 0 Å². The monoisotopic (exact) mass is 274 g/mol. The minimum atomic E-state index is -4.24. The normalized spacial score (nSPS) is 16.1. The van der Waals surface area contributed by atoms with E-state index in [0.29, 0.717) is 0 Å². The van der Waals surface area contributed by atoms with Gasteiger partial charge >= 0.3 is 16.3 Å². The third-order valence-corrected chi connectivity index (χ3v) is 3.44. The van der Waals surface area contributed by atoms with Crippen molar-refractivity contribution in [3.05, 3.63) is 29.8 Å². The molecule has 1 aliphatic heterocycles. The van der Waals surface area contributed by atoms with Gasteiger partial charge < -0.3 is 10.2 Å². The van der Waals surface area contributed by atoms with Crippen LogP contribution in [0.3, 0.4) is 0 Å². The van der Waals surface area contributed by atoms with Crippen molar-refractivity contribution in [2.24, 2.45) is 0 Å². The molecule has 2 rings (SSSR count). The van der Waals surface area contributed by atoms with Gasteiger partial charge in [-0.3, -0.25) is 9.52 Å². The number of para-hydroxylation sites is 1. The molecule has 1 aliphatic rings. The maximum Gasteiger partial charge on any atom is 0.432 e. The SMILES string of the molecule is COC(=O)N1C(=O)c2ccccc2NS1(=O)=O.O. The van der Waals surface area contributed by atoms with Crippen molar-refractivity contribution in [1.29, 1.82) is 0 Å². The van der Waals surface area contributed by atoms with Gasteiger partial charge in [0.1, 0.15) is 0 Å². The Morgan fingerprint density at radius 3 is 2.56 bits per heavy atom. The molecule has 18 heavy (non-hydrogen) atoms. The average Bonchev–Trinajstić information content (AvgIpc) is 2.27. The van der Waals surface area contributed by atoms with Crippen molar-refractivity contribution in [2.75, 3.05) is 11.8 Å². The molecule has 1 aromatic carbocycles. The van der Waals surface area contributed by atoms with Crippen molar-refractivity contribution in [3.63, 3.8) is 0 Å². The van der Waals surface area contributed by atoms with E-state index in [-0.39, 0.29) is 21.0 Å². The number of imide groups is 1. The highest BCUT2D eigenvalue weighted by atomic mass is 32.2. The predicted molar refractivity (Wildman–Crippen MR) is 61.2 cm³/mol. The number of rotatable bonds is 0. The first-order valence-electron chi connectivity index (χ1n) is 4.52. The Balaban J connectivity index is 0.00000162. The third kappa shape index (κ3) is 2.00. The number of benzene rings is 1. The van der Waals surface area contributed by atoms with E-state index in [2.05, 4.69) is 9.46 Å². The third-order valence-electron chi connectivity index (χ3n) is 2.16. The van der Waals surface area contributed by atoms with Crippen LogP contribution in [0, 0.1) is 0 Å². The van der Waals surface area contributed by atoms with Crippen molar-refractivity contribution in [1.82, 2.24) is 4.31 Å². The molecule has 0 unspecified atom stereocenters. The number of fused-ring (bicyclic) bond motifs is 1. The number of amides is 2. The topological polar surface area (TPSA) is 124 Å². The van der Waals surface area contributed by atoms with E-state index in [1.807, 2.05) is 0 Å². The second-order valence-corrected chi connectivity index (χ2v) is 4.71. The number of anilines is 1. The number of hydrogen-bond acceptors (Lipinski definition) is 5. The highest BCUT2D eigenvalue weighted by molar-refractivity contribution is 7.91. The fraction of sp³-hybridized carbons (Fsp3) is 0.111. The molecule has 3 N–H and O–H groups in total. The maximum absolute atomic E-state index is 11.8. The molecule has 1 aromatic rings. The minimum absolute atomic E-state index is 0. The summed E-state index contributed by atoms with van der Waals surface area (Å²) in [6.45, 7) is 0. The van der Waals surface area contributed by atoms with Crippen molar-refractivity contribution < 1.29 is 28.2 Å². The van der Waals surface area contributed by atoms with Gasteiger partial charge in [0.25, 0.3) is 5.91 Å². The van der Waals surface area contributed by atoms with E-state index in [9.17, 15) is 18.0 Å². The minimum Gasteiger partial charge on any atom is -0.452 e. The van der Waals surface area contributed by atoms with E-state index < -0.39 is 22.2 Å². The van der Waals surface area contributed by atoms with Crippen molar-refractivity contribution in [2.45, 2.75) is 0 Å². The second-order valence-electron chi connectivity index (χ2n) is 3.19. The van der Waals surface area contributed by atoms with Crippen LogP contribution >= 0.6 is 0 Å². The summed E-state index contributed by atoms with van der Waals surface area (Å²) in [6, 6.07) is 5.98. The zero-order valence-corrected chi connectivity index (χ0v) is 10.0. The molecule has 9 heteroatoms. The molecule has 0 radical (unpaired) electrons. The van der Waals surface area contributed by atoms with E-state index in [4.69, 9.17) is 0 Å². The first-order chi connectivity index (χ1) is 7.97. The second kappa shape index (κ2) is 4.63. The van der Waals surface area contributed by atoms with Gasteiger partial charge in [-0.2, -0.15) is 8.42 Å². The first-order valence-corrected chi connectivity index (χ1v) is 5.96. The Hall–Kier alpha value is -2.13. The van der Waals surface area contributed by atoms with Crippen LogP contribution in [-0.4, -0.2) is 37.3 Å². The standard InChI is InChI=1S/C9H8N2O5S.H2O/c1-16-9(13)11-8(12)6-4-2-3-5-7(6)10-17(11,14)15;/h2-5,10H,1H3;1H2. The Kier molecular flexibility index (Phi) is 3.58.